The van der Waals surface area contributed by atoms with Crippen molar-refractivity contribution in [2.45, 2.75) is 19.3 Å². The summed E-state index contributed by atoms with van der Waals surface area (Å²) in [5.41, 5.74) is 2.71. The molecule has 2 nitrogen and oxygen atoms in total. The first kappa shape index (κ1) is 10.0. The van der Waals surface area contributed by atoms with Crippen LogP contribution in [0.4, 0.5) is 0 Å². The molecule has 0 amide bonds. The highest BCUT2D eigenvalue weighted by Gasteiger charge is 2.22. The second-order valence-electron chi connectivity index (χ2n) is 4.78. The van der Waals surface area contributed by atoms with Crippen LogP contribution in [0.25, 0.3) is 0 Å². The fraction of sp³-hybridized carbons (Fsp3) is 0.500. The monoisotopic (exact) mass is 214 g/mol. The van der Waals surface area contributed by atoms with E-state index in [9.17, 15) is 0 Å². The molecular weight excluding hydrogens is 196 g/mol. The van der Waals surface area contributed by atoms with Crippen LogP contribution < -0.4 is 0 Å². The van der Waals surface area contributed by atoms with E-state index in [0.29, 0.717) is 5.92 Å². The number of aliphatic imine (C=N–C) groups is 1. The molecule has 3 aliphatic rings. The third-order valence-corrected chi connectivity index (χ3v) is 3.69. The highest BCUT2D eigenvalue weighted by Crippen LogP contribution is 2.27. The molecule has 0 radical (unpaired) electrons. The van der Waals surface area contributed by atoms with Crippen molar-refractivity contribution < 1.29 is 0 Å². The lowest BCUT2D eigenvalue weighted by atomic mass is 9.91. The van der Waals surface area contributed by atoms with Crippen LogP contribution >= 0.6 is 0 Å². The van der Waals surface area contributed by atoms with Crippen LogP contribution in [0.1, 0.15) is 19.3 Å². The first-order valence-electron chi connectivity index (χ1n) is 6.27. The summed E-state index contributed by atoms with van der Waals surface area (Å²) in [6, 6.07) is 0. The molecule has 84 valence electrons. The summed E-state index contributed by atoms with van der Waals surface area (Å²) in [6.45, 7) is 3.80. The zero-order valence-corrected chi connectivity index (χ0v) is 9.60. The molecule has 3 rings (SSSR count). The molecule has 0 saturated carbocycles. The number of hydrogen-bond donors (Lipinski definition) is 0. The van der Waals surface area contributed by atoms with Gasteiger partial charge < -0.3 is 4.90 Å². The molecule has 0 spiro atoms. The van der Waals surface area contributed by atoms with Crippen molar-refractivity contribution in [3.8, 4) is 0 Å². The molecule has 1 unspecified atom stereocenters. The maximum Gasteiger partial charge on any atom is 0.0513 e. The fourth-order valence-electron chi connectivity index (χ4n) is 2.72. The summed E-state index contributed by atoms with van der Waals surface area (Å²) in [5.74, 6) is 0.479. The zero-order chi connectivity index (χ0) is 10.8. The third kappa shape index (κ3) is 1.90. The van der Waals surface area contributed by atoms with Crippen LogP contribution in [-0.2, 0) is 0 Å². The molecule has 0 N–H and O–H groups in total. The van der Waals surface area contributed by atoms with Crippen molar-refractivity contribution in [2.24, 2.45) is 10.9 Å². The summed E-state index contributed by atoms with van der Waals surface area (Å²) in [7, 11) is 0. The van der Waals surface area contributed by atoms with Crippen molar-refractivity contribution in [1.82, 2.24) is 4.90 Å². The predicted molar refractivity (Wildman–Crippen MR) is 67.6 cm³/mol. The Morgan fingerprint density at radius 2 is 2.12 bits per heavy atom. The van der Waals surface area contributed by atoms with E-state index in [1.807, 2.05) is 0 Å². The van der Waals surface area contributed by atoms with Crippen molar-refractivity contribution in [3.05, 3.63) is 36.1 Å². The van der Waals surface area contributed by atoms with E-state index in [1.165, 1.54) is 50.2 Å². The van der Waals surface area contributed by atoms with Crippen molar-refractivity contribution >= 4 is 5.71 Å². The van der Waals surface area contributed by atoms with Gasteiger partial charge >= 0.3 is 0 Å². The fourth-order valence-corrected chi connectivity index (χ4v) is 2.72. The van der Waals surface area contributed by atoms with Crippen molar-refractivity contribution in [1.29, 1.82) is 0 Å². The Labute approximate surface area is 97.1 Å². The van der Waals surface area contributed by atoms with Crippen LogP contribution in [0.15, 0.2) is 41.1 Å². The van der Waals surface area contributed by atoms with Gasteiger partial charge in [-0.05, 0) is 44.0 Å². The lowest BCUT2D eigenvalue weighted by Crippen LogP contribution is -2.22. The maximum atomic E-state index is 4.48. The Balaban J connectivity index is 1.57. The highest BCUT2D eigenvalue weighted by molar-refractivity contribution is 6.03. The molecule has 2 heteroatoms. The van der Waals surface area contributed by atoms with Crippen molar-refractivity contribution in [3.63, 3.8) is 0 Å². The summed E-state index contributed by atoms with van der Waals surface area (Å²) in [6.07, 6.45) is 14.6. The minimum atomic E-state index is 0.479. The van der Waals surface area contributed by atoms with E-state index in [4.69, 9.17) is 0 Å². The van der Waals surface area contributed by atoms with Crippen LogP contribution in [0.5, 0.6) is 0 Å². The van der Waals surface area contributed by atoms with Gasteiger partial charge in [-0.3, -0.25) is 4.99 Å². The highest BCUT2D eigenvalue weighted by atomic mass is 15.1. The Hall–Kier alpha value is -1.15. The molecule has 2 aliphatic heterocycles. The molecular formula is C14H18N2. The first-order valence-corrected chi connectivity index (χ1v) is 6.27. The summed E-state index contributed by atoms with van der Waals surface area (Å²) in [4.78, 5) is 7.05. The van der Waals surface area contributed by atoms with E-state index >= 15 is 0 Å². The SMILES string of the molecule is C1=CC2=NC=C(CCN3CCCC3)C2C=C1. The Morgan fingerprint density at radius 1 is 1.25 bits per heavy atom. The van der Waals surface area contributed by atoms with Crippen molar-refractivity contribution in [2.75, 3.05) is 19.6 Å². The molecule has 0 aromatic heterocycles. The molecule has 0 aromatic rings. The summed E-state index contributed by atoms with van der Waals surface area (Å²) in [5, 5.41) is 0. The van der Waals surface area contributed by atoms with Gasteiger partial charge in [-0.2, -0.15) is 0 Å². The van der Waals surface area contributed by atoms with Crippen LogP contribution in [0.3, 0.4) is 0 Å². The minimum absolute atomic E-state index is 0.479. The van der Waals surface area contributed by atoms with Gasteiger partial charge in [0.15, 0.2) is 0 Å². The zero-order valence-electron chi connectivity index (χ0n) is 9.60. The number of likely N-dealkylation sites (tertiary alicyclic amines) is 1. The van der Waals surface area contributed by atoms with Gasteiger partial charge in [0.25, 0.3) is 0 Å². The van der Waals surface area contributed by atoms with E-state index in [0.717, 1.165) is 0 Å². The summed E-state index contributed by atoms with van der Waals surface area (Å²) >= 11 is 0. The van der Waals surface area contributed by atoms with Gasteiger partial charge in [-0.15, -0.1) is 0 Å². The minimum Gasteiger partial charge on any atom is -0.303 e. The maximum absolute atomic E-state index is 4.48. The normalized spacial score (nSPS) is 28.1. The van der Waals surface area contributed by atoms with Crippen LogP contribution in [0.2, 0.25) is 0 Å². The number of rotatable bonds is 3. The molecule has 1 aliphatic carbocycles. The number of hydrogen-bond acceptors (Lipinski definition) is 2. The molecule has 0 bridgehead atoms. The van der Waals surface area contributed by atoms with Gasteiger partial charge in [0.2, 0.25) is 0 Å². The third-order valence-electron chi connectivity index (χ3n) is 3.69. The average molecular weight is 214 g/mol. The van der Waals surface area contributed by atoms with Gasteiger partial charge in [-0.1, -0.05) is 18.2 Å². The topological polar surface area (TPSA) is 15.6 Å². The van der Waals surface area contributed by atoms with E-state index in [-0.39, 0.29) is 0 Å². The summed E-state index contributed by atoms with van der Waals surface area (Å²) < 4.78 is 0. The van der Waals surface area contributed by atoms with Gasteiger partial charge in [0.1, 0.15) is 0 Å². The molecule has 1 saturated heterocycles. The second kappa shape index (κ2) is 4.38. The molecule has 2 heterocycles. The standard InChI is InChI=1S/C14H18N2/c1-2-6-14-13(5-1)12(11-15-14)7-10-16-8-3-4-9-16/h1-2,5-6,11,13H,3-4,7-10H2. The van der Waals surface area contributed by atoms with E-state index < -0.39 is 0 Å². The van der Waals surface area contributed by atoms with E-state index in [2.05, 4.69) is 40.4 Å². The molecule has 0 aromatic carbocycles. The number of fused-ring (bicyclic) bond motifs is 1. The van der Waals surface area contributed by atoms with E-state index in [1.54, 1.807) is 0 Å². The lowest BCUT2D eigenvalue weighted by molar-refractivity contribution is 0.341. The quantitative estimate of drug-likeness (QED) is 0.705. The Morgan fingerprint density at radius 3 is 3.00 bits per heavy atom. The van der Waals surface area contributed by atoms with Gasteiger partial charge in [-0.25, -0.2) is 0 Å². The van der Waals surface area contributed by atoms with Crippen LogP contribution in [0, 0.1) is 5.92 Å². The Kier molecular flexibility index (Phi) is 2.75. The Bertz CT molecular complexity index is 382. The first-order chi connectivity index (χ1) is 7.93. The van der Waals surface area contributed by atoms with Gasteiger partial charge in [0.05, 0.1) is 5.71 Å². The largest absolute Gasteiger partial charge is 0.303 e. The average Bonchev–Trinajstić information content (AvgIpc) is 2.96. The lowest BCUT2D eigenvalue weighted by Gasteiger charge is -2.18. The molecule has 1 fully saturated rings. The number of nitrogens with zero attached hydrogens (tertiary/aromatic N) is 2. The predicted octanol–water partition coefficient (Wildman–Crippen LogP) is 2.55. The van der Waals surface area contributed by atoms with Gasteiger partial charge in [0, 0.05) is 18.7 Å². The molecule has 1 atom stereocenters. The second-order valence-corrected chi connectivity index (χ2v) is 4.78. The van der Waals surface area contributed by atoms with Crippen LogP contribution in [-0.4, -0.2) is 30.2 Å². The smallest absolute Gasteiger partial charge is 0.0513 e. The molecule has 16 heavy (non-hydrogen) atoms. The number of allylic oxidation sites excluding steroid dienone is 4.